The zero-order valence-electron chi connectivity index (χ0n) is 9.83. The number of halogens is 1. The van der Waals surface area contributed by atoms with Crippen LogP contribution < -0.4 is 0 Å². The van der Waals surface area contributed by atoms with Crippen LogP contribution in [0.4, 0.5) is 0 Å². The number of rotatable bonds is 0. The van der Waals surface area contributed by atoms with E-state index in [0.717, 1.165) is 4.47 Å². The monoisotopic (exact) mass is 304 g/mol. The van der Waals surface area contributed by atoms with Gasteiger partial charge in [-0.25, -0.2) is 0 Å². The van der Waals surface area contributed by atoms with E-state index in [1.54, 1.807) is 0 Å². The van der Waals surface area contributed by atoms with E-state index in [1.807, 2.05) is 11.8 Å². The SMILES string of the molecule is CC1(C)c2ccccc2Sc2ccc(Br)cc21. The lowest BCUT2D eigenvalue weighted by Gasteiger charge is -2.34. The number of benzene rings is 2. The van der Waals surface area contributed by atoms with Crippen LogP contribution in [0.5, 0.6) is 0 Å². The highest BCUT2D eigenvalue weighted by molar-refractivity contribution is 9.10. The Hall–Kier alpha value is -0.730. The second-order valence-corrected chi connectivity index (χ2v) is 6.86. The second-order valence-electron chi connectivity index (χ2n) is 4.86. The Balaban J connectivity index is 2.27. The first-order chi connectivity index (χ1) is 8.09. The van der Waals surface area contributed by atoms with Crippen molar-refractivity contribution in [3.63, 3.8) is 0 Å². The van der Waals surface area contributed by atoms with Crippen LogP contribution in [0.1, 0.15) is 25.0 Å². The Morgan fingerprint density at radius 2 is 1.65 bits per heavy atom. The molecule has 17 heavy (non-hydrogen) atoms. The molecule has 86 valence electrons. The molecule has 0 aliphatic carbocycles. The summed E-state index contributed by atoms with van der Waals surface area (Å²) in [5.74, 6) is 0. The molecule has 0 spiro atoms. The standard InChI is InChI=1S/C15H13BrS/c1-15(2)11-5-3-4-6-13(11)17-14-8-7-10(16)9-12(14)15/h3-9H,1-2H3. The maximum atomic E-state index is 3.57. The third kappa shape index (κ3) is 1.74. The van der Waals surface area contributed by atoms with Gasteiger partial charge in [-0.2, -0.15) is 0 Å². The molecule has 1 heterocycles. The zero-order valence-corrected chi connectivity index (χ0v) is 12.2. The molecule has 0 saturated carbocycles. The average Bonchev–Trinajstić information content (AvgIpc) is 2.31. The van der Waals surface area contributed by atoms with E-state index >= 15 is 0 Å². The largest absolute Gasteiger partial charge is 0.0895 e. The summed E-state index contributed by atoms with van der Waals surface area (Å²) in [5.41, 5.74) is 2.92. The molecule has 0 unspecified atom stereocenters. The lowest BCUT2D eigenvalue weighted by molar-refractivity contribution is 0.607. The molecule has 1 aliphatic heterocycles. The summed E-state index contributed by atoms with van der Waals surface area (Å²) in [5, 5.41) is 0. The van der Waals surface area contributed by atoms with Gasteiger partial charge >= 0.3 is 0 Å². The summed E-state index contributed by atoms with van der Waals surface area (Å²) < 4.78 is 1.16. The van der Waals surface area contributed by atoms with E-state index in [9.17, 15) is 0 Å². The predicted octanol–water partition coefficient (Wildman–Crippen LogP) is 5.24. The van der Waals surface area contributed by atoms with Crippen LogP contribution >= 0.6 is 27.7 Å². The summed E-state index contributed by atoms with van der Waals surface area (Å²) in [7, 11) is 0. The molecule has 0 aromatic heterocycles. The third-order valence-corrected chi connectivity index (χ3v) is 5.04. The van der Waals surface area contributed by atoms with Crippen LogP contribution in [0.2, 0.25) is 0 Å². The molecule has 0 amide bonds. The van der Waals surface area contributed by atoms with Crippen LogP contribution in [0.15, 0.2) is 56.7 Å². The first kappa shape index (κ1) is 11.4. The van der Waals surface area contributed by atoms with Gasteiger partial charge in [0.15, 0.2) is 0 Å². The molecule has 0 atom stereocenters. The van der Waals surface area contributed by atoms with E-state index in [-0.39, 0.29) is 5.41 Å². The Kier molecular flexibility index (Phi) is 2.60. The number of fused-ring (bicyclic) bond motifs is 2. The normalized spacial score (nSPS) is 16.2. The van der Waals surface area contributed by atoms with Crippen molar-refractivity contribution in [3.05, 3.63) is 58.1 Å². The topological polar surface area (TPSA) is 0 Å². The van der Waals surface area contributed by atoms with E-state index in [2.05, 4.69) is 72.2 Å². The van der Waals surface area contributed by atoms with Crippen molar-refractivity contribution < 1.29 is 0 Å². The van der Waals surface area contributed by atoms with E-state index < -0.39 is 0 Å². The Morgan fingerprint density at radius 1 is 0.941 bits per heavy atom. The minimum Gasteiger partial charge on any atom is -0.0895 e. The van der Waals surface area contributed by atoms with Gasteiger partial charge in [-0.15, -0.1) is 0 Å². The van der Waals surface area contributed by atoms with Crippen LogP contribution in [-0.4, -0.2) is 0 Å². The lowest BCUT2D eigenvalue weighted by atomic mass is 9.78. The minimum atomic E-state index is 0.0843. The fraction of sp³-hybridized carbons (Fsp3) is 0.200. The highest BCUT2D eigenvalue weighted by Gasteiger charge is 2.32. The molecule has 0 fully saturated rings. The van der Waals surface area contributed by atoms with Gasteiger partial charge in [0.05, 0.1) is 0 Å². The minimum absolute atomic E-state index is 0.0843. The summed E-state index contributed by atoms with van der Waals surface area (Å²) in [6.07, 6.45) is 0. The van der Waals surface area contributed by atoms with Crippen LogP contribution in [0.3, 0.4) is 0 Å². The second kappa shape index (κ2) is 3.89. The van der Waals surface area contributed by atoms with E-state index in [4.69, 9.17) is 0 Å². The van der Waals surface area contributed by atoms with Gasteiger partial charge in [0.2, 0.25) is 0 Å². The number of hydrogen-bond acceptors (Lipinski definition) is 1. The van der Waals surface area contributed by atoms with Crippen molar-refractivity contribution in [2.24, 2.45) is 0 Å². The third-order valence-electron chi connectivity index (χ3n) is 3.40. The number of hydrogen-bond donors (Lipinski definition) is 0. The quantitative estimate of drug-likeness (QED) is 0.641. The van der Waals surface area contributed by atoms with E-state index in [0.29, 0.717) is 0 Å². The van der Waals surface area contributed by atoms with Crippen LogP contribution in [-0.2, 0) is 5.41 Å². The summed E-state index contributed by atoms with van der Waals surface area (Å²) in [6.45, 7) is 4.60. The van der Waals surface area contributed by atoms with Gasteiger partial charge in [0, 0.05) is 19.7 Å². The first-order valence-electron chi connectivity index (χ1n) is 5.66. The molecule has 0 bridgehead atoms. The highest BCUT2D eigenvalue weighted by Crippen LogP contribution is 2.49. The molecule has 3 rings (SSSR count). The van der Waals surface area contributed by atoms with Gasteiger partial charge in [-0.05, 0) is 35.4 Å². The predicted molar refractivity (Wildman–Crippen MR) is 76.8 cm³/mol. The van der Waals surface area contributed by atoms with Crippen molar-refractivity contribution in [3.8, 4) is 0 Å². The molecule has 0 nitrogen and oxygen atoms in total. The molecule has 2 heteroatoms. The van der Waals surface area contributed by atoms with Gasteiger partial charge < -0.3 is 0 Å². The van der Waals surface area contributed by atoms with Gasteiger partial charge in [0.25, 0.3) is 0 Å². The van der Waals surface area contributed by atoms with Gasteiger partial charge in [0.1, 0.15) is 0 Å². The highest BCUT2D eigenvalue weighted by atomic mass is 79.9. The van der Waals surface area contributed by atoms with Crippen LogP contribution in [0, 0.1) is 0 Å². The summed E-state index contributed by atoms with van der Waals surface area (Å²) in [4.78, 5) is 2.75. The molecule has 0 N–H and O–H groups in total. The Morgan fingerprint density at radius 3 is 2.47 bits per heavy atom. The molecular weight excluding hydrogens is 292 g/mol. The fourth-order valence-corrected chi connectivity index (χ4v) is 4.15. The fourth-order valence-electron chi connectivity index (χ4n) is 2.42. The van der Waals surface area contributed by atoms with Crippen molar-refractivity contribution in [2.45, 2.75) is 29.1 Å². The Bertz CT molecular complexity index is 587. The van der Waals surface area contributed by atoms with Crippen molar-refractivity contribution in [2.75, 3.05) is 0 Å². The van der Waals surface area contributed by atoms with Crippen molar-refractivity contribution >= 4 is 27.7 Å². The summed E-state index contributed by atoms with van der Waals surface area (Å²) in [6, 6.07) is 15.3. The maximum Gasteiger partial charge on any atom is 0.0179 e. The van der Waals surface area contributed by atoms with Crippen LogP contribution in [0.25, 0.3) is 0 Å². The van der Waals surface area contributed by atoms with Crippen molar-refractivity contribution in [1.82, 2.24) is 0 Å². The molecule has 2 aromatic carbocycles. The molecule has 1 aliphatic rings. The van der Waals surface area contributed by atoms with Crippen molar-refractivity contribution in [1.29, 1.82) is 0 Å². The average molecular weight is 305 g/mol. The smallest absolute Gasteiger partial charge is 0.0179 e. The molecule has 0 saturated heterocycles. The lowest BCUT2D eigenvalue weighted by Crippen LogP contribution is -2.23. The molecule has 0 radical (unpaired) electrons. The van der Waals surface area contributed by atoms with E-state index in [1.165, 1.54) is 20.9 Å². The first-order valence-corrected chi connectivity index (χ1v) is 7.27. The van der Waals surface area contributed by atoms with Gasteiger partial charge in [-0.1, -0.05) is 59.7 Å². The Labute approximate surface area is 115 Å². The summed E-state index contributed by atoms with van der Waals surface area (Å²) >= 11 is 5.45. The molecular formula is C15H13BrS. The zero-order chi connectivity index (χ0) is 12.0. The molecule has 2 aromatic rings. The maximum absolute atomic E-state index is 3.57. The van der Waals surface area contributed by atoms with Gasteiger partial charge in [-0.3, -0.25) is 0 Å².